The lowest BCUT2D eigenvalue weighted by molar-refractivity contribution is -0.767. The Morgan fingerprint density at radius 2 is 1.66 bits per heavy atom. The Morgan fingerprint density at radius 1 is 0.938 bits per heavy atom. The Bertz CT molecular complexity index is 972. The van der Waals surface area contributed by atoms with Crippen LogP contribution in [0.25, 0.3) is 0 Å². The summed E-state index contributed by atoms with van der Waals surface area (Å²) in [6.45, 7) is 2.06. The van der Waals surface area contributed by atoms with Crippen LogP contribution in [0.2, 0.25) is 0 Å². The topological polar surface area (TPSA) is 63.0 Å². The lowest BCUT2D eigenvalue weighted by atomic mass is 9.94. The first-order valence-electron chi connectivity index (χ1n) is 11.0. The number of quaternary nitrogens is 1. The molecule has 3 aromatic rings. The minimum absolute atomic E-state index is 0.213. The highest BCUT2D eigenvalue weighted by Crippen LogP contribution is 2.24. The highest BCUT2D eigenvalue weighted by molar-refractivity contribution is 5.70. The molecular formula is C27H31NO4. The molecule has 3 rings (SSSR count). The fourth-order valence-corrected chi connectivity index (χ4v) is 3.68. The molecule has 0 aliphatic heterocycles. The summed E-state index contributed by atoms with van der Waals surface area (Å²) in [4.78, 5) is 11.2. The van der Waals surface area contributed by atoms with Gasteiger partial charge in [-0.15, -0.1) is 0 Å². The molecule has 0 radical (unpaired) electrons. The van der Waals surface area contributed by atoms with Crippen molar-refractivity contribution in [2.75, 3.05) is 13.7 Å². The Labute approximate surface area is 190 Å². The van der Waals surface area contributed by atoms with Gasteiger partial charge in [-0.25, -0.2) is 4.79 Å². The number of aryl methyl sites for hydroxylation is 1. The molecule has 0 amide bonds. The molecule has 2 atom stereocenters. The molecule has 0 fully saturated rings. The van der Waals surface area contributed by atoms with E-state index >= 15 is 0 Å². The molecule has 0 bridgehead atoms. The van der Waals surface area contributed by atoms with Crippen molar-refractivity contribution >= 4 is 11.7 Å². The predicted molar refractivity (Wildman–Crippen MR) is 126 cm³/mol. The summed E-state index contributed by atoms with van der Waals surface area (Å²) in [5.74, 6) is 1.76. The molecule has 0 aliphatic carbocycles. The summed E-state index contributed by atoms with van der Waals surface area (Å²) in [5.41, 5.74) is 3.02. The molecule has 0 saturated heterocycles. The molecule has 5 heteroatoms. The first kappa shape index (κ1) is 23.5. The van der Waals surface area contributed by atoms with Gasteiger partial charge in [0.2, 0.25) is 0 Å². The first-order valence-corrected chi connectivity index (χ1v) is 11.0. The highest BCUT2D eigenvalue weighted by Gasteiger charge is 2.10. The number of nitrogens with one attached hydrogen (secondary N) is 1. The predicted octanol–water partition coefficient (Wildman–Crippen LogP) is 4.87. The van der Waals surface area contributed by atoms with Crippen LogP contribution in [-0.2, 0) is 22.4 Å². The maximum absolute atomic E-state index is 12.0. The zero-order chi connectivity index (χ0) is 22.8. The van der Waals surface area contributed by atoms with Crippen LogP contribution in [0.4, 0.5) is 5.69 Å². The summed E-state index contributed by atoms with van der Waals surface area (Å²) >= 11 is 0. The van der Waals surface area contributed by atoms with Gasteiger partial charge in [0.15, 0.2) is 6.54 Å². The van der Waals surface area contributed by atoms with Crippen LogP contribution in [-0.4, -0.2) is 19.6 Å². The Morgan fingerprint density at radius 3 is 2.38 bits per heavy atom. The van der Waals surface area contributed by atoms with E-state index < -0.39 is 5.97 Å². The van der Waals surface area contributed by atoms with Gasteiger partial charge in [-0.3, -0.25) is 0 Å². The van der Waals surface area contributed by atoms with E-state index in [1.165, 1.54) is 18.2 Å². The third kappa shape index (κ3) is 7.52. The summed E-state index contributed by atoms with van der Waals surface area (Å²) in [7, 11) is 1.29. The number of methoxy groups -OCH3 is 1. The number of ether oxygens (including phenoxy) is 2. The van der Waals surface area contributed by atoms with E-state index in [-0.39, 0.29) is 11.6 Å². The standard InChI is InChI=1S/C27H31NO4/c1-21(18-23-10-7-13-26(19-23)32-25-11-4-3-5-12-25)8-6-9-22-14-16-24(17-15-22)28(30)20-27(29)31-2/h3-5,7,10-17,19,21,28H,6,8-9,18,20H2,1-2H3. The molecule has 32 heavy (non-hydrogen) atoms. The molecule has 0 heterocycles. The number of rotatable bonds is 11. The van der Waals surface area contributed by atoms with Crippen LogP contribution in [0.5, 0.6) is 11.5 Å². The number of esters is 1. The van der Waals surface area contributed by atoms with Gasteiger partial charge in [0.05, 0.1) is 7.11 Å². The third-order valence-corrected chi connectivity index (χ3v) is 5.43. The monoisotopic (exact) mass is 433 g/mol. The van der Waals surface area contributed by atoms with Crippen LogP contribution in [0.15, 0.2) is 78.9 Å². The van der Waals surface area contributed by atoms with E-state index in [2.05, 4.69) is 23.8 Å². The van der Waals surface area contributed by atoms with E-state index in [0.717, 1.165) is 37.2 Å². The maximum Gasteiger partial charge on any atom is 0.362 e. The van der Waals surface area contributed by atoms with Crippen molar-refractivity contribution in [1.29, 1.82) is 0 Å². The second-order valence-corrected chi connectivity index (χ2v) is 8.14. The molecule has 0 aliphatic rings. The van der Waals surface area contributed by atoms with Crippen molar-refractivity contribution in [2.24, 2.45) is 5.92 Å². The minimum Gasteiger partial charge on any atom is -0.628 e. The number of hydrogen-bond donors (Lipinski definition) is 1. The molecule has 5 nitrogen and oxygen atoms in total. The van der Waals surface area contributed by atoms with E-state index in [4.69, 9.17) is 4.74 Å². The van der Waals surface area contributed by atoms with Gasteiger partial charge in [0.1, 0.15) is 17.2 Å². The molecule has 0 spiro atoms. The van der Waals surface area contributed by atoms with E-state index in [1.54, 1.807) is 12.1 Å². The summed E-state index contributed by atoms with van der Waals surface area (Å²) in [6.07, 6.45) is 4.17. The Balaban J connectivity index is 1.44. The number of carbonyl (C=O) groups excluding carboxylic acids is 1. The normalized spacial score (nSPS) is 12.7. The number of benzene rings is 3. The van der Waals surface area contributed by atoms with E-state index in [9.17, 15) is 10.0 Å². The van der Waals surface area contributed by atoms with E-state index in [0.29, 0.717) is 11.6 Å². The van der Waals surface area contributed by atoms with Gasteiger partial charge in [-0.2, -0.15) is 0 Å². The summed E-state index contributed by atoms with van der Waals surface area (Å²) < 4.78 is 10.5. The minimum atomic E-state index is -0.509. The quantitative estimate of drug-likeness (QED) is 0.346. The molecule has 0 aromatic heterocycles. The first-order chi connectivity index (χ1) is 15.5. The number of para-hydroxylation sites is 1. The lowest BCUT2D eigenvalue weighted by Crippen LogP contribution is -3.03. The Kier molecular flexibility index (Phi) is 8.84. The van der Waals surface area contributed by atoms with Crippen LogP contribution in [0, 0.1) is 11.1 Å². The zero-order valence-corrected chi connectivity index (χ0v) is 18.8. The molecule has 2 unspecified atom stereocenters. The second kappa shape index (κ2) is 12.0. The summed E-state index contributed by atoms with van der Waals surface area (Å²) in [5, 5.41) is 11.8. The third-order valence-electron chi connectivity index (χ3n) is 5.43. The Hall–Kier alpha value is -3.15. The maximum atomic E-state index is 12.0. The van der Waals surface area contributed by atoms with Gasteiger partial charge in [0.25, 0.3) is 0 Å². The molecule has 168 valence electrons. The molecule has 1 N–H and O–H groups in total. The van der Waals surface area contributed by atoms with Gasteiger partial charge in [-0.1, -0.05) is 55.8 Å². The van der Waals surface area contributed by atoms with Crippen molar-refractivity contribution in [3.63, 3.8) is 0 Å². The van der Waals surface area contributed by atoms with Gasteiger partial charge in [-0.05, 0) is 72.7 Å². The van der Waals surface area contributed by atoms with Crippen molar-refractivity contribution < 1.29 is 19.3 Å². The van der Waals surface area contributed by atoms with E-state index in [1.807, 2.05) is 54.6 Å². The number of hydrogen-bond acceptors (Lipinski definition) is 4. The smallest absolute Gasteiger partial charge is 0.362 e. The van der Waals surface area contributed by atoms with Gasteiger partial charge in [0, 0.05) is 0 Å². The highest BCUT2D eigenvalue weighted by atomic mass is 16.5. The largest absolute Gasteiger partial charge is 0.628 e. The van der Waals surface area contributed by atoms with Crippen LogP contribution < -0.4 is 9.80 Å². The van der Waals surface area contributed by atoms with Gasteiger partial charge < -0.3 is 19.7 Å². The lowest BCUT2D eigenvalue weighted by Gasteiger charge is -2.20. The fourth-order valence-electron chi connectivity index (χ4n) is 3.68. The molecule has 3 aromatic carbocycles. The van der Waals surface area contributed by atoms with Crippen LogP contribution in [0.1, 0.15) is 30.9 Å². The van der Waals surface area contributed by atoms with Gasteiger partial charge >= 0.3 is 5.97 Å². The van der Waals surface area contributed by atoms with Crippen LogP contribution in [0.3, 0.4) is 0 Å². The average Bonchev–Trinajstić information content (AvgIpc) is 2.80. The van der Waals surface area contributed by atoms with Crippen LogP contribution >= 0.6 is 0 Å². The SMILES string of the molecule is COC(=O)C[NH+]([O-])c1ccc(CCCC(C)Cc2cccc(Oc3ccccc3)c2)cc1. The van der Waals surface area contributed by atoms with Crippen molar-refractivity contribution in [2.45, 2.75) is 32.6 Å². The van der Waals surface area contributed by atoms with Crippen molar-refractivity contribution in [3.05, 3.63) is 95.2 Å². The van der Waals surface area contributed by atoms with Crippen molar-refractivity contribution in [3.8, 4) is 11.5 Å². The number of carbonyl (C=O) groups is 1. The molecule has 0 saturated carbocycles. The number of hydroxylamine groups is 1. The molecular weight excluding hydrogens is 402 g/mol. The summed E-state index contributed by atoms with van der Waals surface area (Å²) in [6, 6.07) is 25.7. The fraction of sp³-hybridized carbons (Fsp3) is 0.296. The second-order valence-electron chi connectivity index (χ2n) is 8.14. The zero-order valence-electron chi connectivity index (χ0n) is 18.8. The average molecular weight is 434 g/mol. The van der Waals surface area contributed by atoms with Crippen molar-refractivity contribution in [1.82, 2.24) is 0 Å².